The Morgan fingerprint density at radius 1 is 0.787 bits per heavy atom. The van der Waals surface area contributed by atoms with Gasteiger partial charge >= 0.3 is 10.4 Å². The summed E-state index contributed by atoms with van der Waals surface area (Å²) in [4.78, 5) is 13.0. The maximum Gasteiger partial charge on any atom is 0.397 e. The molecule has 0 bridgehead atoms. The molecule has 6 fully saturated rings. The predicted molar refractivity (Wildman–Crippen MR) is 171 cm³/mol. The monoisotopic (exact) mass is 686 g/mol. The number of carbonyl (C=O) groups is 1. The highest BCUT2D eigenvalue weighted by Gasteiger charge is 2.75. The molecule has 1 saturated heterocycles. The molecule has 0 aromatic rings. The van der Waals surface area contributed by atoms with Crippen LogP contribution in [0, 0.1) is 56.2 Å². The highest BCUT2D eigenvalue weighted by Crippen LogP contribution is 2.78. The summed E-state index contributed by atoms with van der Waals surface area (Å²) in [6.45, 7) is 17.0. The summed E-state index contributed by atoms with van der Waals surface area (Å²) < 4.78 is 48.6. The van der Waals surface area contributed by atoms with Gasteiger partial charge in [0.2, 0.25) is 0 Å². The first-order valence-electron chi connectivity index (χ1n) is 17.6. The Balaban J connectivity index is 1.27. The van der Waals surface area contributed by atoms with Crippen molar-refractivity contribution in [1.29, 1.82) is 0 Å². The molecule has 5 saturated carbocycles. The van der Waals surface area contributed by atoms with Crippen molar-refractivity contribution in [1.82, 2.24) is 0 Å². The van der Waals surface area contributed by atoms with E-state index in [0.29, 0.717) is 19.3 Å². The molecule has 1 heterocycles. The molecule has 0 aromatic heterocycles. The zero-order chi connectivity index (χ0) is 34.9. The Kier molecular flexibility index (Phi) is 8.56. The Morgan fingerprint density at radius 3 is 2.06 bits per heavy atom. The number of aliphatic hydroxyl groups is 4. The second-order valence-corrected chi connectivity index (χ2v) is 19.3. The first-order chi connectivity index (χ1) is 21.5. The second-order valence-electron chi connectivity index (χ2n) is 18.2. The van der Waals surface area contributed by atoms with E-state index in [9.17, 15) is 38.2 Å². The fourth-order valence-electron chi connectivity index (χ4n) is 13.7. The lowest BCUT2D eigenvalue weighted by Crippen LogP contribution is -2.72. The van der Waals surface area contributed by atoms with E-state index in [1.807, 2.05) is 6.92 Å². The number of hydrogen-bond donors (Lipinski definition) is 5. The molecule has 0 amide bonds. The van der Waals surface area contributed by atoms with Gasteiger partial charge in [0.05, 0.1) is 24.9 Å². The molecule has 12 heteroatoms. The molecular weight excluding hydrogens is 628 g/mol. The van der Waals surface area contributed by atoms with Crippen LogP contribution in [0.1, 0.15) is 107 Å². The summed E-state index contributed by atoms with van der Waals surface area (Å²) in [6.07, 6.45) is -1.48. The Hall–Kier alpha value is -0.700. The van der Waals surface area contributed by atoms with Gasteiger partial charge in [-0.25, -0.2) is 4.18 Å². The smallest absolute Gasteiger partial charge is 0.393 e. The Labute approximate surface area is 280 Å². The Morgan fingerprint density at radius 2 is 1.45 bits per heavy atom. The molecule has 47 heavy (non-hydrogen) atoms. The first kappa shape index (κ1) is 36.1. The molecule has 6 rings (SSSR count). The molecular formula is C35H58O11S. The highest BCUT2D eigenvalue weighted by molar-refractivity contribution is 7.80. The summed E-state index contributed by atoms with van der Waals surface area (Å²) in [5.74, 6) is 0.287. The maximum absolute atomic E-state index is 13.0. The van der Waals surface area contributed by atoms with Crippen molar-refractivity contribution in [2.24, 2.45) is 56.2 Å². The summed E-state index contributed by atoms with van der Waals surface area (Å²) >= 11 is 0. The standard InChI is InChI=1S/C35H58O11S/c1-18(36)31(4)13-14-33(6)27(31)20(38)16-35(8)28(33)19(37)15-23-32(5)11-10-24(30(2,3)22(32)9-12-34(23,35)7)45-29-25(40)26(21(39)17-44-29)46-47(41,42)43/h19-29,37-40H,9-17H2,1-8H3,(H,41,42,43). The third kappa shape index (κ3) is 5.00. The van der Waals surface area contributed by atoms with Gasteiger partial charge in [-0.1, -0.05) is 48.5 Å². The molecule has 270 valence electrons. The van der Waals surface area contributed by atoms with E-state index in [1.165, 1.54) is 0 Å². The number of ketones is 1. The largest absolute Gasteiger partial charge is 0.397 e. The molecule has 1 aliphatic heterocycles. The molecule has 0 spiro atoms. The lowest BCUT2D eigenvalue weighted by molar-refractivity contribution is -0.317. The number of aliphatic hydroxyl groups excluding tert-OH is 4. The molecule has 11 nitrogen and oxygen atoms in total. The minimum Gasteiger partial charge on any atom is -0.393 e. The van der Waals surface area contributed by atoms with Crippen molar-refractivity contribution < 1.29 is 51.8 Å². The Bertz CT molecular complexity index is 1370. The number of ether oxygens (including phenoxy) is 2. The van der Waals surface area contributed by atoms with Crippen LogP contribution in [0.25, 0.3) is 0 Å². The SMILES string of the molecule is CC(=O)C1(C)CCC2(C)C1C(O)CC1(C)C2C(O)CC2C3(C)CCC(OC4OCC(O)C(OS(=O)(=O)O)C4O)C(C)(C)C3CCC21C. The van der Waals surface area contributed by atoms with Gasteiger partial charge in [-0.2, -0.15) is 8.42 Å². The van der Waals surface area contributed by atoms with Crippen molar-refractivity contribution in [3.05, 3.63) is 0 Å². The van der Waals surface area contributed by atoms with Crippen LogP contribution >= 0.6 is 0 Å². The van der Waals surface area contributed by atoms with Gasteiger partial charge in [0, 0.05) is 11.3 Å². The van der Waals surface area contributed by atoms with Crippen LogP contribution in [0.4, 0.5) is 0 Å². The minimum atomic E-state index is -4.93. The average molecular weight is 687 g/mol. The van der Waals surface area contributed by atoms with Crippen LogP contribution in [0.3, 0.4) is 0 Å². The molecule has 16 unspecified atom stereocenters. The van der Waals surface area contributed by atoms with Gasteiger partial charge in [-0.15, -0.1) is 0 Å². The van der Waals surface area contributed by atoms with Crippen LogP contribution in [-0.2, 0) is 28.9 Å². The van der Waals surface area contributed by atoms with Crippen molar-refractivity contribution in [2.45, 2.75) is 150 Å². The van der Waals surface area contributed by atoms with Gasteiger partial charge in [0.1, 0.15) is 24.1 Å². The number of hydrogen-bond acceptors (Lipinski definition) is 10. The van der Waals surface area contributed by atoms with Gasteiger partial charge in [0.25, 0.3) is 0 Å². The average Bonchev–Trinajstić information content (AvgIpc) is 3.22. The fraction of sp³-hybridized carbons (Fsp3) is 0.971. The summed E-state index contributed by atoms with van der Waals surface area (Å²) in [6, 6.07) is 0. The zero-order valence-electron chi connectivity index (χ0n) is 29.3. The van der Waals surface area contributed by atoms with E-state index < -0.39 is 58.0 Å². The zero-order valence-corrected chi connectivity index (χ0v) is 30.1. The molecule has 5 aliphatic carbocycles. The maximum atomic E-state index is 13.0. The van der Waals surface area contributed by atoms with Crippen molar-refractivity contribution in [2.75, 3.05) is 6.61 Å². The first-order valence-corrected chi connectivity index (χ1v) is 19.0. The number of rotatable bonds is 5. The molecule has 0 aromatic carbocycles. The van der Waals surface area contributed by atoms with Gasteiger partial charge in [-0.05, 0) is 103 Å². The molecule has 6 aliphatic rings. The van der Waals surface area contributed by atoms with E-state index in [0.717, 1.165) is 32.1 Å². The van der Waals surface area contributed by atoms with Gasteiger partial charge in [-0.3, -0.25) is 9.35 Å². The molecule has 16 atom stereocenters. The molecule has 0 radical (unpaired) electrons. The number of Topliss-reactive ketones (excluding diaryl/α,β-unsaturated/α-hetero) is 1. The van der Waals surface area contributed by atoms with Gasteiger partial charge in [0.15, 0.2) is 6.29 Å². The summed E-state index contributed by atoms with van der Waals surface area (Å²) in [5, 5.41) is 45.3. The van der Waals surface area contributed by atoms with Crippen LogP contribution in [0.2, 0.25) is 0 Å². The topological polar surface area (TPSA) is 180 Å². The van der Waals surface area contributed by atoms with Crippen LogP contribution in [0.15, 0.2) is 0 Å². The van der Waals surface area contributed by atoms with E-state index in [1.54, 1.807) is 6.92 Å². The number of carbonyl (C=O) groups excluding carboxylic acids is 1. The van der Waals surface area contributed by atoms with Crippen molar-refractivity contribution in [3.63, 3.8) is 0 Å². The van der Waals surface area contributed by atoms with E-state index in [2.05, 4.69) is 45.7 Å². The van der Waals surface area contributed by atoms with Crippen molar-refractivity contribution >= 4 is 16.2 Å². The van der Waals surface area contributed by atoms with Crippen molar-refractivity contribution in [3.8, 4) is 0 Å². The van der Waals surface area contributed by atoms with Crippen LogP contribution in [0.5, 0.6) is 0 Å². The van der Waals surface area contributed by atoms with Crippen LogP contribution in [-0.4, -0.2) is 88.7 Å². The van der Waals surface area contributed by atoms with E-state index in [4.69, 9.17) is 9.47 Å². The predicted octanol–water partition coefficient (Wildman–Crippen LogP) is 3.66. The fourth-order valence-corrected chi connectivity index (χ4v) is 14.2. The quantitative estimate of drug-likeness (QED) is 0.210. The third-order valence-corrected chi connectivity index (χ3v) is 16.4. The normalized spacial score (nSPS) is 55.7. The lowest BCUT2D eigenvalue weighted by atomic mass is 9.31. The summed E-state index contributed by atoms with van der Waals surface area (Å²) in [7, 11) is -4.93. The van der Waals surface area contributed by atoms with E-state index in [-0.39, 0.29) is 63.8 Å². The van der Waals surface area contributed by atoms with E-state index >= 15 is 0 Å². The minimum absolute atomic E-state index is 0.0307. The lowest BCUT2D eigenvalue weighted by Gasteiger charge is -2.74. The van der Waals surface area contributed by atoms with Crippen LogP contribution < -0.4 is 0 Å². The highest BCUT2D eigenvalue weighted by atomic mass is 32.3. The number of fused-ring (bicyclic) bond motifs is 7. The molecule has 5 N–H and O–H groups in total. The second kappa shape index (κ2) is 11.1. The third-order valence-electron chi connectivity index (χ3n) is 15.9. The van der Waals surface area contributed by atoms with Gasteiger partial charge < -0.3 is 29.9 Å². The summed E-state index contributed by atoms with van der Waals surface area (Å²) in [5.41, 5.74) is -1.99.